The maximum Gasteiger partial charge on any atom is 0.255 e. The fourth-order valence-electron chi connectivity index (χ4n) is 2.11. The summed E-state index contributed by atoms with van der Waals surface area (Å²) in [5.74, 6) is 0.428. The van der Waals surface area contributed by atoms with Crippen molar-refractivity contribution in [2.75, 3.05) is 37.8 Å². The Balaban J connectivity index is 1.98. The third-order valence-electron chi connectivity index (χ3n) is 3.23. The highest BCUT2D eigenvalue weighted by Gasteiger charge is 2.08. The molecule has 1 aromatic heterocycles. The smallest absolute Gasteiger partial charge is 0.255 e. The van der Waals surface area contributed by atoms with Crippen LogP contribution < -0.4 is 10.6 Å². The number of amides is 1. The van der Waals surface area contributed by atoms with Crippen LogP contribution in [0.3, 0.4) is 0 Å². The minimum absolute atomic E-state index is 0.243. The summed E-state index contributed by atoms with van der Waals surface area (Å²) in [6.07, 6.45) is 2.60. The summed E-state index contributed by atoms with van der Waals surface area (Å²) in [4.78, 5) is 18.7. The van der Waals surface area contributed by atoms with Crippen LogP contribution in [0.15, 0.2) is 36.5 Å². The number of benzene rings is 1. The maximum atomic E-state index is 12.3. The van der Waals surface area contributed by atoms with Crippen LogP contribution in [-0.4, -0.2) is 43.0 Å². The summed E-state index contributed by atoms with van der Waals surface area (Å²) in [5.41, 5.74) is 1.06. The van der Waals surface area contributed by atoms with E-state index in [2.05, 4.69) is 20.5 Å². The molecule has 0 spiro atoms. The number of nitrogens with zero attached hydrogens (tertiary/aromatic N) is 2. The van der Waals surface area contributed by atoms with Gasteiger partial charge < -0.3 is 15.5 Å². The lowest BCUT2D eigenvalue weighted by Gasteiger charge is -2.11. The Morgan fingerprint density at radius 1 is 1.17 bits per heavy atom. The van der Waals surface area contributed by atoms with Crippen molar-refractivity contribution in [3.8, 4) is 0 Å². The minimum atomic E-state index is -0.243. The molecule has 1 amide bonds. The second-order valence-corrected chi connectivity index (χ2v) is 6.50. The highest BCUT2D eigenvalue weighted by Crippen LogP contribution is 2.23. The van der Waals surface area contributed by atoms with E-state index in [-0.39, 0.29) is 5.91 Å². The number of halogens is 2. The number of carbonyl (C=O) groups is 1. The van der Waals surface area contributed by atoms with Crippen LogP contribution in [0.4, 0.5) is 11.5 Å². The molecule has 0 atom stereocenters. The van der Waals surface area contributed by atoms with Crippen molar-refractivity contribution in [3.05, 3.63) is 52.1 Å². The summed E-state index contributed by atoms with van der Waals surface area (Å²) < 4.78 is 0. The number of aromatic nitrogens is 1. The van der Waals surface area contributed by atoms with E-state index in [0.29, 0.717) is 27.1 Å². The van der Waals surface area contributed by atoms with Crippen LogP contribution in [-0.2, 0) is 0 Å². The number of pyridine rings is 1. The molecular formula is C17H20Cl2N4O. The summed E-state index contributed by atoms with van der Waals surface area (Å²) in [5, 5.41) is 6.93. The van der Waals surface area contributed by atoms with Gasteiger partial charge in [0, 0.05) is 34.0 Å². The van der Waals surface area contributed by atoms with Gasteiger partial charge in [-0.3, -0.25) is 4.79 Å². The second-order valence-electron chi connectivity index (χ2n) is 5.63. The van der Waals surface area contributed by atoms with Crippen LogP contribution in [0.5, 0.6) is 0 Å². The monoisotopic (exact) mass is 366 g/mol. The van der Waals surface area contributed by atoms with Crippen molar-refractivity contribution >= 4 is 40.6 Å². The molecule has 0 saturated carbocycles. The quantitative estimate of drug-likeness (QED) is 0.727. The first-order chi connectivity index (χ1) is 11.4. The first kappa shape index (κ1) is 18.5. The zero-order valence-electron chi connectivity index (χ0n) is 13.6. The number of carbonyl (C=O) groups excluding carboxylic acids is 1. The van der Waals surface area contributed by atoms with Crippen molar-refractivity contribution in [2.45, 2.75) is 6.42 Å². The maximum absolute atomic E-state index is 12.3. The van der Waals surface area contributed by atoms with Gasteiger partial charge in [-0.25, -0.2) is 4.98 Å². The molecule has 24 heavy (non-hydrogen) atoms. The van der Waals surface area contributed by atoms with Gasteiger partial charge in [-0.1, -0.05) is 23.2 Å². The molecule has 0 unspecified atom stereocenters. The molecule has 2 N–H and O–H groups in total. The second kappa shape index (κ2) is 8.87. The molecule has 0 bridgehead atoms. The molecule has 2 rings (SSSR count). The van der Waals surface area contributed by atoms with Crippen LogP contribution in [0.1, 0.15) is 16.8 Å². The zero-order chi connectivity index (χ0) is 17.5. The van der Waals surface area contributed by atoms with E-state index in [0.717, 1.165) is 19.5 Å². The summed E-state index contributed by atoms with van der Waals surface area (Å²) in [6.45, 7) is 1.78. The van der Waals surface area contributed by atoms with Crippen molar-refractivity contribution in [3.63, 3.8) is 0 Å². The van der Waals surface area contributed by atoms with Gasteiger partial charge in [-0.15, -0.1) is 0 Å². The predicted octanol–water partition coefficient (Wildman–Crippen LogP) is 4.00. The fraction of sp³-hybridized carbons (Fsp3) is 0.294. The van der Waals surface area contributed by atoms with Crippen molar-refractivity contribution in [1.29, 1.82) is 0 Å². The Morgan fingerprint density at radius 2 is 1.88 bits per heavy atom. The number of hydrogen-bond acceptors (Lipinski definition) is 4. The normalized spacial score (nSPS) is 10.7. The molecule has 1 aromatic carbocycles. The Hall–Kier alpha value is -1.82. The molecule has 128 valence electrons. The third-order valence-corrected chi connectivity index (χ3v) is 3.67. The largest absolute Gasteiger partial charge is 0.370 e. The minimum Gasteiger partial charge on any atom is -0.370 e. The molecule has 0 aliphatic heterocycles. The molecule has 7 heteroatoms. The number of hydrogen-bond donors (Lipinski definition) is 2. The molecule has 0 aliphatic carbocycles. The van der Waals surface area contributed by atoms with Gasteiger partial charge in [-0.05, 0) is 57.4 Å². The van der Waals surface area contributed by atoms with E-state index in [4.69, 9.17) is 23.2 Å². The van der Waals surface area contributed by atoms with Gasteiger partial charge >= 0.3 is 0 Å². The van der Waals surface area contributed by atoms with E-state index in [9.17, 15) is 4.79 Å². The molecule has 5 nitrogen and oxygen atoms in total. The first-order valence-corrected chi connectivity index (χ1v) is 8.32. The van der Waals surface area contributed by atoms with Crippen LogP contribution in [0, 0.1) is 0 Å². The summed E-state index contributed by atoms with van der Waals surface area (Å²) >= 11 is 11.9. The fourth-order valence-corrected chi connectivity index (χ4v) is 2.64. The highest BCUT2D eigenvalue weighted by molar-refractivity contribution is 6.35. The molecule has 0 saturated heterocycles. The SMILES string of the molecule is CN(C)CCCNc1cc(C(=O)Nc2cc(Cl)cc(Cl)c2)ccn1. The zero-order valence-corrected chi connectivity index (χ0v) is 15.2. The van der Waals surface area contributed by atoms with Gasteiger partial charge in [0.1, 0.15) is 5.82 Å². The molecule has 2 aromatic rings. The topological polar surface area (TPSA) is 57.3 Å². The Bertz CT molecular complexity index is 686. The number of anilines is 2. The predicted molar refractivity (Wildman–Crippen MR) is 100 cm³/mol. The van der Waals surface area contributed by atoms with Crippen molar-refractivity contribution in [2.24, 2.45) is 0 Å². The van der Waals surface area contributed by atoms with Gasteiger partial charge in [-0.2, -0.15) is 0 Å². The van der Waals surface area contributed by atoms with E-state index in [1.54, 1.807) is 36.5 Å². The van der Waals surface area contributed by atoms with Crippen LogP contribution in [0.25, 0.3) is 0 Å². The van der Waals surface area contributed by atoms with Crippen molar-refractivity contribution in [1.82, 2.24) is 9.88 Å². The first-order valence-electron chi connectivity index (χ1n) is 7.56. The average molecular weight is 367 g/mol. The van der Waals surface area contributed by atoms with E-state index in [1.165, 1.54) is 0 Å². The third kappa shape index (κ3) is 6.00. The van der Waals surface area contributed by atoms with E-state index >= 15 is 0 Å². The van der Waals surface area contributed by atoms with Gasteiger partial charge in [0.2, 0.25) is 0 Å². The van der Waals surface area contributed by atoms with E-state index in [1.807, 2.05) is 14.1 Å². The molecule has 0 fully saturated rings. The van der Waals surface area contributed by atoms with Crippen LogP contribution in [0.2, 0.25) is 10.0 Å². The van der Waals surface area contributed by atoms with Gasteiger partial charge in [0.05, 0.1) is 0 Å². The number of nitrogens with one attached hydrogen (secondary N) is 2. The Kier molecular flexibility index (Phi) is 6.85. The average Bonchev–Trinajstić information content (AvgIpc) is 2.50. The lowest BCUT2D eigenvalue weighted by atomic mass is 10.2. The molecular weight excluding hydrogens is 347 g/mol. The molecule has 0 aliphatic rings. The molecule has 0 radical (unpaired) electrons. The Labute approximate surface area is 152 Å². The highest BCUT2D eigenvalue weighted by atomic mass is 35.5. The number of rotatable bonds is 7. The standard InChI is InChI=1S/C17H20Cl2N4O/c1-23(2)7-3-5-20-16-8-12(4-6-21-16)17(24)22-15-10-13(18)9-14(19)11-15/h4,6,8-11H,3,5,7H2,1-2H3,(H,20,21)(H,22,24). The Morgan fingerprint density at radius 3 is 2.54 bits per heavy atom. The summed E-state index contributed by atoms with van der Waals surface area (Å²) in [6, 6.07) is 8.28. The van der Waals surface area contributed by atoms with Crippen molar-refractivity contribution < 1.29 is 4.79 Å². The van der Waals surface area contributed by atoms with Gasteiger partial charge in [0.15, 0.2) is 0 Å². The van der Waals surface area contributed by atoms with Crippen LogP contribution >= 0.6 is 23.2 Å². The molecule has 1 heterocycles. The lowest BCUT2D eigenvalue weighted by Crippen LogP contribution is -2.17. The van der Waals surface area contributed by atoms with Gasteiger partial charge in [0.25, 0.3) is 5.91 Å². The van der Waals surface area contributed by atoms with E-state index < -0.39 is 0 Å². The lowest BCUT2D eigenvalue weighted by molar-refractivity contribution is 0.102. The summed E-state index contributed by atoms with van der Waals surface area (Å²) in [7, 11) is 4.07.